The van der Waals surface area contributed by atoms with Gasteiger partial charge in [-0.05, 0) is 50.4 Å². The Morgan fingerprint density at radius 3 is 2.60 bits per heavy atom. The van der Waals surface area contributed by atoms with Crippen molar-refractivity contribution in [1.29, 1.82) is 5.26 Å². The summed E-state index contributed by atoms with van der Waals surface area (Å²) in [6.07, 6.45) is 3.08. The monoisotopic (exact) mass is 272 g/mol. The van der Waals surface area contributed by atoms with Crippen LogP contribution in [-0.4, -0.2) is 30.6 Å². The van der Waals surface area contributed by atoms with Crippen molar-refractivity contribution in [2.45, 2.75) is 38.6 Å². The Hall–Kier alpha value is -1.53. The fourth-order valence-corrected chi connectivity index (χ4v) is 2.94. The van der Waals surface area contributed by atoms with Crippen LogP contribution < -0.4 is 4.74 Å². The first-order chi connectivity index (χ1) is 9.59. The molecule has 3 nitrogen and oxygen atoms in total. The average Bonchev–Trinajstić information content (AvgIpc) is 2.48. The quantitative estimate of drug-likeness (QED) is 0.844. The molecule has 3 heteroatoms. The highest BCUT2D eigenvalue weighted by atomic mass is 16.5. The van der Waals surface area contributed by atoms with Crippen molar-refractivity contribution >= 4 is 0 Å². The molecule has 1 heterocycles. The largest absolute Gasteiger partial charge is 0.496 e. The fourth-order valence-electron chi connectivity index (χ4n) is 2.94. The van der Waals surface area contributed by atoms with Gasteiger partial charge in [-0.25, -0.2) is 0 Å². The topological polar surface area (TPSA) is 36.3 Å². The van der Waals surface area contributed by atoms with Gasteiger partial charge in [-0.15, -0.1) is 0 Å². The van der Waals surface area contributed by atoms with Crippen molar-refractivity contribution in [3.63, 3.8) is 0 Å². The van der Waals surface area contributed by atoms with E-state index in [0.29, 0.717) is 6.42 Å². The molecule has 0 aromatic heterocycles. The first-order valence-corrected chi connectivity index (χ1v) is 7.37. The molecular weight excluding hydrogens is 248 g/mol. The molecule has 108 valence electrons. The molecule has 1 saturated heterocycles. The van der Waals surface area contributed by atoms with E-state index < -0.39 is 5.54 Å². The Bertz CT molecular complexity index is 486. The number of hydrogen-bond donors (Lipinski definition) is 0. The lowest BCUT2D eigenvalue weighted by Crippen LogP contribution is -2.50. The molecule has 0 bridgehead atoms. The lowest BCUT2D eigenvalue weighted by molar-refractivity contribution is 0.103. The molecule has 1 fully saturated rings. The van der Waals surface area contributed by atoms with E-state index in [2.05, 4.69) is 30.9 Å². The highest BCUT2D eigenvalue weighted by Gasteiger charge is 2.34. The van der Waals surface area contributed by atoms with Gasteiger partial charge in [-0.1, -0.05) is 25.1 Å². The van der Waals surface area contributed by atoms with E-state index >= 15 is 0 Å². The van der Waals surface area contributed by atoms with Gasteiger partial charge >= 0.3 is 0 Å². The molecule has 0 N–H and O–H groups in total. The number of rotatable bonds is 4. The first-order valence-electron chi connectivity index (χ1n) is 7.37. The van der Waals surface area contributed by atoms with Crippen LogP contribution in [0.2, 0.25) is 0 Å². The van der Waals surface area contributed by atoms with Crippen LogP contribution in [0.4, 0.5) is 0 Å². The zero-order chi connectivity index (χ0) is 14.6. The lowest BCUT2D eigenvalue weighted by atomic mass is 9.88. The molecule has 0 aliphatic carbocycles. The predicted molar refractivity (Wildman–Crippen MR) is 80.7 cm³/mol. The van der Waals surface area contributed by atoms with Gasteiger partial charge in [-0.3, -0.25) is 4.90 Å². The van der Waals surface area contributed by atoms with Crippen molar-refractivity contribution in [1.82, 2.24) is 4.90 Å². The maximum Gasteiger partial charge on any atom is 0.122 e. The number of likely N-dealkylation sites (tertiary alicyclic amines) is 1. The third kappa shape index (κ3) is 3.13. The van der Waals surface area contributed by atoms with Crippen LogP contribution >= 0.6 is 0 Å². The van der Waals surface area contributed by atoms with E-state index in [0.717, 1.165) is 30.3 Å². The number of nitrogens with zero attached hydrogens (tertiary/aromatic N) is 2. The summed E-state index contributed by atoms with van der Waals surface area (Å²) in [5.41, 5.74) is 0.659. The van der Waals surface area contributed by atoms with Crippen molar-refractivity contribution in [3.05, 3.63) is 29.8 Å². The Kier molecular flexibility index (Phi) is 4.67. The predicted octanol–water partition coefficient (Wildman–Crippen LogP) is 3.25. The third-order valence-electron chi connectivity index (χ3n) is 4.45. The first kappa shape index (κ1) is 14.9. The summed E-state index contributed by atoms with van der Waals surface area (Å²) in [4.78, 5) is 2.33. The van der Waals surface area contributed by atoms with Crippen LogP contribution in [0.5, 0.6) is 5.75 Å². The highest BCUT2D eigenvalue weighted by Crippen LogP contribution is 2.29. The van der Waals surface area contributed by atoms with Gasteiger partial charge in [0.15, 0.2) is 0 Å². The zero-order valence-corrected chi connectivity index (χ0v) is 12.7. The summed E-state index contributed by atoms with van der Waals surface area (Å²) in [5, 5.41) is 9.70. The second-order valence-corrected chi connectivity index (χ2v) is 6.04. The summed E-state index contributed by atoms with van der Waals surface area (Å²) in [6, 6.07) is 10.5. The molecule has 1 unspecified atom stereocenters. The Balaban J connectivity index is 2.17. The van der Waals surface area contributed by atoms with Gasteiger partial charge in [0, 0.05) is 6.42 Å². The van der Waals surface area contributed by atoms with Crippen molar-refractivity contribution in [3.8, 4) is 11.8 Å². The number of ether oxygens (including phenoxy) is 1. The molecule has 0 amide bonds. The van der Waals surface area contributed by atoms with Crippen molar-refractivity contribution in [2.75, 3.05) is 20.2 Å². The van der Waals surface area contributed by atoms with E-state index in [1.165, 1.54) is 12.8 Å². The third-order valence-corrected chi connectivity index (χ3v) is 4.45. The minimum absolute atomic E-state index is 0.450. The molecule has 0 radical (unpaired) electrons. The molecule has 0 saturated carbocycles. The van der Waals surface area contributed by atoms with Gasteiger partial charge in [0.25, 0.3) is 0 Å². The van der Waals surface area contributed by atoms with Crippen LogP contribution in [0.25, 0.3) is 0 Å². The Morgan fingerprint density at radius 2 is 2.00 bits per heavy atom. The van der Waals surface area contributed by atoms with Gasteiger partial charge in [-0.2, -0.15) is 5.26 Å². The van der Waals surface area contributed by atoms with Crippen molar-refractivity contribution < 1.29 is 4.74 Å². The van der Waals surface area contributed by atoms with Gasteiger partial charge < -0.3 is 4.74 Å². The van der Waals surface area contributed by atoms with Gasteiger partial charge in [0.05, 0.1) is 13.2 Å². The number of hydrogen-bond acceptors (Lipinski definition) is 3. The summed E-state index contributed by atoms with van der Waals surface area (Å²) < 4.78 is 5.41. The molecule has 1 aromatic carbocycles. The normalized spacial score (nSPS) is 20.1. The fraction of sp³-hybridized carbons (Fsp3) is 0.588. The smallest absolute Gasteiger partial charge is 0.122 e. The standard InChI is InChI=1S/C17H24N2O/c1-14-8-10-19(11-9-14)17(2,13-18)12-15-6-4-5-7-16(15)20-3/h4-7,14H,8-12H2,1-3H3. The minimum Gasteiger partial charge on any atom is -0.496 e. The maximum atomic E-state index is 9.70. The van der Waals surface area contributed by atoms with Crippen LogP contribution in [0.1, 0.15) is 32.3 Å². The highest BCUT2D eigenvalue weighted by molar-refractivity contribution is 5.36. The summed E-state index contributed by atoms with van der Waals surface area (Å²) in [5.74, 6) is 1.65. The summed E-state index contributed by atoms with van der Waals surface area (Å²) >= 11 is 0. The molecular formula is C17H24N2O. The second-order valence-electron chi connectivity index (χ2n) is 6.04. The molecule has 2 rings (SSSR count). The van der Waals surface area contributed by atoms with Crippen LogP contribution in [0.3, 0.4) is 0 Å². The van der Waals surface area contributed by atoms with Crippen molar-refractivity contribution in [2.24, 2.45) is 5.92 Å². The molecule has 1 aliphatic rings. The molecule has 20 heavy (non-hydrogen) atoms. The van der Waals surface area contributed by atoms with Crippen LogP contribution in [0.15, 0.2) is 24.3 Å². The summed E-state index contributed by atoms with van der Waals surface area (Å²) in [6.45, 7) is 6.37. The van der Waals surface area contributed by atoms with E-state index in [9.17, 15) is 5.26 Å². The second kappa shape index (κ2) is 6.28. The molecule has 1 aliphatic heterocycles. The van der Waals surface area contributed by atoms with Gasteiger partial charge in [0.1, 0.15) is 11.3 Å². The van der Waals surface area contributed by atoms with Crippen LogP contribution in [-0.2, 0) is 6.42 Å². The van der Waals surface area contributed by atoms with E-state index in [1.54, 1.807) is 7.11 Å². The van der Waals surface area contributed by atoms with E-state index in [4.69, 9.17) is 4.74 Å². The number of para-hydroxylation sites is 1. The molecule has 1 atom stereocenters. The van der Waals surface area contributed by atoms with E-state index in [1.807, 2.05) is 18.2 Å². The lowest BCUT2D eigenvalue weighted by Gasteiger charge is -2.40. The Labute approximate surface area is 122 Å². The molecule has 0 spiro atoms. The van der Waals surface area contributed by atoms with Gasteiger partial charge in [0.2, 0.25) is 0 Å². The maximum absolute atomic E-state index is 9.70. The zero-order valence-electron chi connectivity index (χ0n) is 12.7. The van der Waals surface area contributed by atoms with Crippen LogP contribution in [0, 0.1) is 17.2 Å². The minimum atomic E-state index is -0.450. The number of piperidine rings is 1. The SMILES string of the molecule is COc1ccccc1CC(C)(C#N)N1CCC(C)CC1. The average molecular weight is 272 g/mol. The molecule has 1 aromatic rings. The number of methoxy groups -OCH3 is 1. The van der Waals surface area contributed by atoms with E-state index in [-0.39, 0.29) is 0 Å². The Morgan fingerprint density at radius 1 is 1.35 bits per heavy atom. The summed E-state index contributed by atoms with van der Waals surface area (Å²) in [7, 11) is 1.69. The number of benzene rings is 1. The number of nitriles is 1.